The lowest BCUT2D eigenvalue weighted by Gasteiger charge is -2.24. The number of halogens is 1. The van der Waals surface area contributed by atoms with Gasteiger partial charge in [-0.15, -0.1) is 0 Å². The van der Waals surface area contributed by atoms with E-state index in [1.54, 1.807) is 54.9 Å². The number of hydrogen-bond acceptors (Lipinski definition) is 6. The van der Waals surface area contributed by atoms with Crippen LogP contribution in [0.1, 0.15) is 26.2 Å². The zero-order valence-corrected chi connectivity index (χ0v) is 22.0. The second kappa shape index (κ2) is 12.1. The highest BCUT2D eigenvalue weighted by Gasteiger charge is 2.24. The molecule has 2 aromatic carbocycles. The van der Waals surface area contributed by atoms with Gasteiger partial charge in [-0.2, -0.15) is 0 Å². The second-order valence-corrected chi connectivity index (χ2v) is 9.11. The number of aromatic nitrogens is 2. The standard InChI is InChI=1S/C27H31ClN4O5/c1-4-26(34)31(15-21-6-5-13-37-21)17-25(33)30-27-29-22(18-7-9-19(28)10-8-18)16-32(27)20-11-12-23(35-2)24(14-20)36-3/h7-12,14,16,21H,4-6,13,15,17H2,1-3H3,(H,29,30,33). The summed E-state index contributed by atoms with van der Waals surface area (Å²) >= 11 is 6.06. The van der Waals surface area contributed by atoms with Crippen LogP contribution in [-0.2, 0) is 14.3 Å². The van der Waals surface area contributed by atoms with Gasteiger partial charge in [-0.05, 0) is 37.1 Å². The number of rotatable bonds is 10. The summed E-state index contributed by atoms with van der Waals surface area (Å²) in [6.45, 7) is 2.76. The van der Waals surface area contributed by atoms with E-state index in [0.29, 0.717) is 53.4 Å². The Bertz CT molecular complexity index is 1240. The van der Waals surface area contributed by atoms with Crippen molar-refractivity contribution in [3.63, 3.8) is 0 Å². The summed E-state index contributed by atoms with van der Waals surface area (Å²) in [7, 11) is 3.13. The summed E-state index contributed by atoms with van der Waals surface area (Å²) in [4.78, 5) is 31.9. The minimum Gasteiger partial charge on any atom is -0.493 e. The van der Waals surface area contributed by atoms with Crippen molar-refractivity contribution in [1.82, 2.24) is 14.5 Å². The molecule has 3 aromatic rings. The van der Waals surface area contributed by atoms with E-state index in [1.165, 1.54) is 0 Å². The summed E-state index contributed by atoms with van der Waals surface area (Å²) in [5.74, 6) is 0.974. The molecule has 4 rings (SSSR count). The Morgan fingerprint density at radius 1 is 1.16 bits per heavy atom. The Kier molecular flexibility index (Phi) is 8.68. The fourth-order valence-corrected chi connectivity index (χ4v) is 4.38. The number of amides is 2. The Labute approximate surface area is 221 Å². The number of hydrogen-bond donors (Lipinski definition) is 1. The first kappa shape index (κ1) is 26.5. The molecule has 0 aliphatic carbocycles. The van der Waals surface area contributed by atoms with E-state index in [0.717, 1.165) is 18.4 Å². The van der Waals surface area contributed by atoms with Gasteiger partial charge in [-0.3, -0.25) is 19.5 Å². The number of methoxy groups -OCH3 is 2. The molecule has 0 saturated carbocycles. The summed E-state index contributed by atoms with van der Waals surface area (Å²) in [6.07, 6.45) is 3.92. The average molecular weight is 527 g/mol. The van der Waals surface area contributed by atoms with E-state index in [1.807, 2.05) is 24.4 Å². The number of carbonyl (C=O) groups excluding carboxylic acids is 2. The van der Waals surface area contributed by atoms with Gasteiger partial charge in [0.1, 0.15) is 6.54 Å². The van der Waals surface area contributed by atoms with E-state index < -0.39 is 0 Å². The maximum atomic E-state index is 13.2. The van der Waals surface area contributed by atoms with Crippen molar-refractivity contribution in [3.8, 4) is 28.4 Å². The van der Waals surface area contributed by atoms with Gasteiger partial charge in [0.2, 0.25) is 17.8 Å². The van der Waals surface area contributed by atoms with Gasteiger partial charge < -0.3 is 19.1 Å². The second-order valence-electron chi connectivity index (χ2n) is 8.68. The van der Waals surface area contributed by atoms with Crippen LogP contribution < -0.4 is 14.8 Å². The molecule has 2 amide bonds. The minimum atomic E-state index is -0.352. The van der Waals surface area contributed by atoms with Crippen LogP contribution in [0.4, 0.5) is 5.95 Å². The predicted molar refractivity (Wildman–Crippen MR) is 142 cm³/mol. The van der Waals surface area contributed by atoms with E-state index in [2.05, 4.69) is 10.3 Å². The smallest absolute Gasteiger partial charge is 0.246 e. The normalized spacial score (nSPS) is 14.9. The summed E-state index contributed by atoms with van der Waals surface area (Å²) in [6, 6.07) is 12.7. The molecular weight excluding hydrogens is 496 g/mol. The van der Waals surface area contributed by atoms with Gasteiger partial charge in [0.25, 0.3) is 0 Å². The van der Waals surface area contributed by atoms with Crippen molar-refractivity contribution in [2.75, 3.05) is 39.2 Å². The van der Waals surface area contributed by atoms with Gasteiger partial charge in [0.15, 0.2) is 11.5 Å². The molecule has 0 spiro atoms. The van der Waals surface area contributed by atoms with Crippen molar-refractivity contribution < 1.29 is 23.8 Å². The first-order chi connectivity index (χ1) is 17.9. The highest BCUT2D eigenvalue weighted by atomic mass is 35.5. The van der Waals surface area contributed by atoms with E-state index in [-0.39, 0.29) is 24.5 Å². The molecule has 1 atom stereocenters. The van der Waals surface area contributed by atoms with Gasteiger partial charge in [0.05, 0.1) is 31.7 Å². The number of nitrogens with zero attached hydrogens (tertiary/aromatic N) is 3. The van der Waals surface area contributed by atoms with Gasteiger partial charge in [0, 0.05) is 42.4 Å². The summed E-state index contributed by atoms with van der Waals surface area (Å²) in [5, 5.41) is 3.51. The van der Waals surface area contributed by atoms with Crippen LogP contribution in [0.2, 0.25) is 5.02 Å². The number of imidazole rings is 1. The molecule has 37 heavy (non-hydrogen) atoms. The van der Waals surface area contributed by atoms with Crippen molar-refractivity contribution in [1.29, 1.82) is 0 Å². The number of ether oxygens (including phenoxy) is 3. The first-order valence-corrected chi connectivity index (χ1v) is 12.6. The fraction of sp³-hybridized carbons (Fsp3) is 0.370. The van der Waals surface area contributed by atoms with E-state index in [4.69, 9.17) is 25.8 Å². The van der Waals surface area contributed by atoms with Crippen LogP contribution in [0, 0.1) is 0 Å². The molecule has 1 aliphatic heterocycles. The Hall–Kier alpha value is -3.56. The van der Waals surface area contributed by atoms with Gasteiger partial charge in [-0.25, -0.2) is 4.98 Å². The zero-order chi connectivity index (χ0) is 26.4. The predicted octanol–water partition coefficient (Wildman–Crippen LogP) is 4.57. The number of carbonyl (C=O) groups is 2. The first-order valence-electron chi connectivity index (χ1n) is 12.2. The molecule has 1 N–H and O–H groups in total. The van der Waals surface area contributed by atoms with Crippen molar-refractivity contribution in [3.05, 3.63) is 53.7 Å². The zero-order valence-electron chi connectivity index (χ0n) is 21.2. The van der Waals surface area contributed by atoms with Crippen molar-refractivity contribution in [2.45, 2.75) is 32.3 Å². The number of nitrogens with one attached hydrogen (secondary N) is 1. The monoisotopic (exact) mass is 526 g/mol. The van der Waals surface area contributed by atoms with Gasteiger partial charge in [-0.1, -0.05) is 30.7 Å². The fourth-order valence-electron chi connectivity index (χ4n) is 4.25. The van der Waals surface area contributed by atoms with Crippen LogP contribution in [0.25, 0.3) is 16.9 Å². The molecule has 0 bridgehead atoms. The lowest BCUT2D eigenvalue weighted by Crippen LogP contribution is -2.42. The molecule has 1 aromatic heterocycles. The minimum absolute atomic E-state index is 0.0476. The highest BCUT2D eigenvalue weighted by Crippen LogP contribution is 2.32. The Morgan fingerprint density at radius 2 is 1.92 bits per heavy atom. The van der Waals surface area contributed by atoms with Crippen LogP contribution in [-0.4, -0.2) is 66.3 Å². The van der Waals surface area contributed by atoms with E-state index >= 15 is 0 Å². The van der Waals surface area contributed by atoms with Crippen LogP contribution in [0.5, 0.6) is 11.5 Å². The molecule has 196 valence electrons. The maximum absolute atomic E-state index is 13.2. The quantitative estimate of drug-likeness (QED) is 0.416. The lowest BCUT2D eigenvalue weighted by atomic mass is 10.2. The molecule has 9 nitrogen and oxygen atoms in total. The SMILES string of the molecule is CCC(=O)N(CC(=O)Nc1nc(-c2ccc(Cl)cc2)cn1-c1ccc(OC)c(OC)c1)CC1CCCO1. The largest absolute Gasteiger partial charge is 0.493 e. The summed E-state index contributed by atoms with van der Waals surface area (Å²) < 4.78 is 18.3. The lowest BCUT2D eigenvalue weighted by molar-refractivity contribution is -0.135. The average Bonchev–Trinajstić information content (AvgIpc) is 3.58. The van der Waals surface area contributed by atoms with E-state index in [9.17, 15) is 9.59 Å². The topological polar surface area (TPSA) is 94.9 Å². The molecule has 1 saturated heterocycles. The maximum Gasteiger partial charge on any atom is 0.246 e. The molecule has 10 heteroatoms. The van der Waals surface area contributed by atoms with Crippen molar-refractivity contribution >= 4 is 29.4 Å². The van der Waals surface area contributed by atoms with Crippen molar-refractivity contribution in [2.24, 2.45) is 0 Å². The van der Waals surface area contributed by atoms with Crippen LogP contribution in [0.3, 0.4) is 0 Å². The molecule has 1 fully saturated rings. The van der Waals surface area contributed by atoms with Gasteiger partial charge >= 0.3 is 0 Å². The third-order valence-corrected chi connectivity index (χ3v) is 6.43. The molecule has 1 unspecified atom stereocenters. The van der Waals surface area contributed by atoms with Crippen LogP contribution >= 0.6 is 11.6 Å². The third kappa shape index (κ3) is 6.42. The number of anilines is 1. The number of benzene rings is 2. The summed E-state index contributed by atoms with van der Waals surface area (Å²) in [5.41, 5.74) is 2.18. The molecule has 1 aliphatic rings. The molecule has 0 radical (unpaired) electrons. The Balaban J connectivity index is 1.63. The highest BCUT2D eigenvalue weighted by molar-refractivity contribution is 6.30. The van der Waals surface area contributed by atoms with Crippen LogP contribution in [0.15, 0.2) is 48.7 Å². The third-order valence-electron chi connectivity index (χ3n) is 6.18. The molecular formula is C27H31ClN4O5. The Morgan fingerprint density at radius 3 is 2.57 bits per heavy atom. The molecule has 2 heterocycles.